The second-order valence-electron chi connectivity index (χ2n) is 4.44. The number of nitrogens with zero attached hydrogens (tertiary/aromatic N) is 1. The summed E-state index contributed by atoms with van der Waals surface area (Å²) in [4.78, 5) is 15.4. The monoisotopic (exact) mass is 283 g/mol. The molecule has 0 aliphatic rings. The van der Waals surface area contributed by atoms with Gasteiger partial charge in [0.2, 0.25) is 0 Å². The molecule has 0 aliphatic heterocycles. The maximum Gasteiger partial charge on any atom is 0.335 e. The number of rotatable bonds is 2. The number of benzene rings is 2. The lowest BCUT2D eigenvalue weighted by Gasteiger charge is -2.04. The number of pyridine rings is 1. The van der Waals surface area contributed by atoms with E-state index in [0.717, 1.165) is 22.0 Å². The van der Waals surface area contributed by atoms with Crippen LogP contribution in [-0.2, 0) is 0 Å². The van der Waals surface area contributed by atoms with Crippen LogP contribution in [0.1, 0.15) is 10.4 Å². The Hall–Kier alpha value is -2.39. The van der Waals surface area contributed by atoms with Gasteiger partial charge in [-0.05, 0) is 42.0 Å². The van der Waals surface area contributed by atoms with Crippen molar-refractivity contribution < 1.29 is 9.90 Å². The zero-order valence-corrected chi connectivity index (χ0v) is 11.1. The SMILES string of the molecule is O=C(O)c1ccc2ncc(-c3ccc(Cl)cc3)cc2c1. The summed E-state index contributed by atoms with van der Waals surface area (Å²) in [5.41, 5.74) is 2.95. The van der Waals surface area contributed by atoms with Gasteiger partial charge in [0.25, 0.3) is 0 Å². The smallest absolute Gasteiger partial charge is 0.335 e. The van der Waals surface area contributed by atoms with Crippen molar-refractivity contribution in [1.29, 1.82) is 0 Å². The number of hydrogen-bond acceptors (Lipinski definition) is 2. The quantitative estimate of drug-likeness (QED) is 0.765. The highest BCUT2D eigenvalue weighted by Crippen LogP contribution is 2.24. The Kier molecular flexibility index (Phi) is 3.12. The van der Waals surface area contributed by atoms with Crippen LogP contribution in [0.2, 0.25) is 5.02 Å². The number of fused-ring (bicyclic) bond motifs is 1. The molecule has 0 aliphatic carbocycles. The fourth-order valence-corrected chi connectivity index (χ4v) is 2.19. The standard InChI is InChI=1S/C16H10ClNO2/c17-14-4-1-10(2-5-14)13-8-12-7-11(16(19)20)3-6-15(12)18-9-13/h1-9H,(H,19,20). The first kappa shape index (κ1) is 12.6. The summed E-state index contributed by atoms with van der Waals surface area (Å²) in [6.45, 7) is 0. The molecule has 0 saturated carbocycles. The van der Waals surface area contributed by atoms with Crippen LogP contribution in [0, 0.1) is 0 Å². The van der Waals surface area contributed by atoms with Gasteiger partial charge in [-0.3, -0.25) is 4.98 Å². The fraction of sp³-hybridized carbons (Fsp3) is 0. The van der Waals surface area contributed by atoms with Gasteiger partial charge in [-0.2, -0.15) is 0 Å². The zero-order valence-electron chi connectivity index (χ0n) is 10.4. The Morgan fingerprint density at radius 2 is 1.75 bits per heavy atom. The van der Waals surface area contributed by atoms with Gasteiger partial charge in [-0.1, -0.05) is 23.7 Å². The molecule has 3 rings (SSSR count). The van der Waals surface area contributed by atoms with Crippen LogP contribution in [0.5, 0.6) is 0 Å². The number of halogens is 1. The highest BCUT2D eigenvalue weighted by Gasteiger charge is 2.06. The molecule has 4 heteroatoms. The van der Waals surface area contributed by atoms with Crippen molar-refractivity contribution in [2.75, 3.05) is 0 Å². The molecular formula is C16H10ClNO2. The zero-order chi connectivity index (χ0) is 14.1. The number of hydrogen-bond donors (Lipinski definition) is 1. The molecule has 1 N–H and O–H groups in total. The largest absolute Gasteiger partial charge is 0.478 e. The maximum absolute atomic E-state index is 11.0. The van der Waals surface area contributed by atoms with Crippen LogP contribution in [0.15, 0.2) is 54.7 Å². The van der Waals surface area contributed by atoms with Crippen molar-refractivity contribution in [3.8, 4) is 11.1 Å². The molecule has 98 valence electrons. The van der Waals surface area contributed by atoms with Crippen LogP contribution in [0.4, 0.5) is 0 Å². The van der Waals surface area contributed by atoms with E-state index in [1.54, 1.807) is 24.4 Å². The summed E-state index contributed by atoms with van der Waals surface area (Å²) in [5, 5.41) is 10.5. The van der Waals surface area contributed by atoms with E-state index in [-0.39, 0.29) is 5.56 Å². The van der Waals surface area contributed by atoms with Crippen molar-refractivity contribution in [3.05, 3.63) is 65.3 Å². The Morgan fingerprint density at radius 1 is 1.00 bits per heavy atom. The molecule has 0 amide bonds. The summed E-state index contributed by atoms with van der Waals surface area (Å²) in [6.07, 6.45) is 1.77. The topological polar surface area (TPSA) is 50.2 Å². The third-order valence-electron chi connectivity index (χ3n) is 3.11. The molecule has 0 fully saturated rings. The first-order valence-corrected chi connectivity index (χ1v) is 6.40. The summed E-state index contributed by atoms with van der Waals surface area (Å²) in [7, 11) is 0. The number of aromatic nitrogens is 1. The Bertz CT molecular complexity index is 797. The number of aromatic carboxylic acids is 1. The molecule has 3 aromatic rings. The molecule has 0 radical (unpaired) electrons. The van der Waals surface area contributed by atoms with Crippen molar-refractivity contribution in [2.45, 2.75) is 0 Å². The number of carboxylic acid groups (broad SMARTS) is 1. The molecular weight excluding hydrogens is 274 g/mol. The van der Waals surface area contributed by atoms with E-state index < -0.39 is 5.97 Å². The number of carbonyl (C=O) groups is 1. The van der Waals surface area contributed by atoms with Gasteiger partial charge >= 0.3 is 5.97 Å². The average molecular weight is 284 g/mol. The molecule has 2 aromatic carbocycles. The predicted molar refractivity (Wildman–Crippen MR) is 79.1 cm³/mol. The molecule has 1 heterocycles. The van der Waals surface area contributed by atoms with E-state index in [2.05, 4.69) is 4.98 Å². The highest BCUT2D eigenvalue weighted by molar-refractivity contribution is 6.30. The van der Waals surface area contributed by atoms with E-state index in [4.69, 9.17) is 16.7 Å². The van der Waals surface area contributed by atoms with Crippen LogP contribution >= 0.6 is 11.6 Å². The molecule has 20 heavy (non-hydrogen) atoms. The molecule has 1 aromatic heterocycles. The van der Waals surface area contributed by atoms with Gasteiger partial charge < -0.3 is 5.11 Å². The summed E-state index contributed by atoms with van der Waals surface area (Å²) in [6, 6.07) is 14.3. The minimum atomic E-state index is -0.941. The van der Waals surface area contributed by atoms with Crippen molar-refractivity contribution in [3.63, 3.8) is 0 Å². The second-order valence-corrected chi connectivity index (χ2v) is 4.88. The van der Waals surface area contributed by atoms with Gasteiger partial charge in [-0.25, -0.2) is 4.79 Å². The molecule has 0 spiro atoms. The predicted octanol–water partition coefficient (Wildman–Crippen LogP) is 4.25. The van der Waals surface area contributed by atoms with Crippen molar-refractivity contribution in [1.82, 2.24) is 4.98 Å². The summed E-state index contributed by atoms with van der Waals surface area (Å²) >= 11 is 5.87. The van der Waals surface area contributed by atoms with Crippen LogP contribution in [0.25, 0.3) is 22.0 Å². The minimum Gasteiger partial charge on any atom is -0.478 e. The van der Waals surface area contributed by atoms with Crippen molar-refractivity contribution >= 4 is 28.5 Å². The third-order valence-corrected chi connectivity index (χ3v) is 3.36. The van der Waals surface area contributed by atoms with E-state index in [9.17, 15) is 4.79 Å². The van der Waals surface area contributed by atoms with Crippen LogP contribution < -0.4 is 0 Å². The van der Waals surface area contributed by atoms with E-state index in [1.165, 1.54) is 0 Å². The Labute approximate surface area is 120 Å². The van der Waals surface area contributed by atoms with Crippen LogP contribution in [0.3, 0.4) is 0 Å². The van der Waals surface area contributed by atoms with E-state index in [1.807, 2.05) is 30.3 Å². The lowest BCUT2D eigenvalue weighted by Crippen LogP contribution is -1.95. The van der Waals surface area contributed by atoms with Crippen LogP contribution in [-0.4, -0.2) is 16.1 Å². The average Bonchev–Trinajstić information content (AvgIpc) is 2.47. The van der Waals surface area contributed by atoms with Gasteiger partial charge in [0.05, 0.1) is 11.1 Å². The lowest BCUT2D eigenvalue weighted by molar-refractivity contribution is 0.0697. The van der Waals surface area contributed by atoms with E-state index >= 15 is 0 Å². The Balaban J connectivity index is 2.13. The molecule has 0 atom stereocenters. The number of carboxylic acids is 1. The van der Waals surface area contributed by atoms with Gasteiger partial charge in [0, 0.05) is 22.2 Å². The van der Waals surface area contributed by atoms with Crippen molar-refractivity contribution in [2.24, 2.45) is 0 Å². The first-order valence-electron chi connectivity index (χ1n) is 6.02. The molecule has 0 bridgehead atoms. The normalized spacial score (nSPS) is 10.7. The Morgan fingerprint density at radius 3 is 2.45 bits per heavy atom. The minimum absolute atomic E-state index is 0.257. The summed E-state index contributed by atoms with van der Waals surface area (Å²) < 4.78 is 0. The third kappa shape index (κ3) is 2.36. The highest BCUT2D eigenvalue weighted by atomic mass is 35.5. The molecule has 0 unspecified atom stereocenters. The summed E-state index contributed by atoms with van der Waals surface area (Å²) in [5.74, 6) is -0.941. The first-order chi connectivity index (χ1) is 9.63. The molecule has 3 nitrogen and oxygen atoms in total. The van der Waals surface area contributed by atoms with Gasteiger partial charge in [-0.15, -0.1) is 0 Å². The van der Waals surface area contributed by atoms with E-state index in [0.29, 0.717) is 5.02 Å². The maximum atomic E-state index is 11.0. The van der Waals surface area contributed by atoms with Gasteiger partial charge in [0.15, 0.2) is 0 Å². The van der Waals surface area contributed by atoms with Gasteiger partial charge in [0.1, 0.15) is 0 Å². The molecule has 0 saturated heterocycles. The fourth-order valence-electron chi connectivity index (χ4n) is 2.06. The second kappa shape index (κ2) is 4.94. The lowest BCUT2D eigenvalue weighted by atomic mass is 10.0.